The number of hydrazone groups is 1. The number of H-pyrrole nitrogens is 1. The van der Waals surface area contributed by atoms with E-state index in [1.54, 1.807) is 0 Å². The number of nitrogens with two attached hydrogens (primary N) is 1. The number of amides is 2. The molecule has 20 heavy (non-hydrogen) atoms. The van der Waals surface area contributed by atoms with Gasteiger partial charge in [-0.3, -0.25) is 0 Å². The Morgan fingerprint density at radius 3 is 3.15 bits per heavy atom. The third-order valence-electron chi connectivity index (χ3n) is 2.54. The maximum atomic E-state index is 11.5. The van der Waals surface area contributed by atoms with Crippen LogP contribution in [0.15, 0.2) is 34.4 Å². The first kappa shape index (κ1) is 13.9. The van der Waals surface area contributed by atoms with Crippen molar-refractivity contribution in [1.82, 2.24) is 10.4 Å². The first-order valence-electron chi connectivity index (χ1n) is 5.92. The zero-order valence-electron chi connectivity index (χ0n) is 10.8. The Labute approximate surface area is 118 Å². The number of pyridine rings is 1. The zero-order chi connectivity index (χ0) is 14.5. The van der Waals surface area contributed by atoms with Crippen molar-refractivity contribution < 1.29 is 9.36 Å². The number of hydrogen-bond acceptors (Lipinski definition) is 4. The second-order valence-electron chi connectivity index (χ2n) is 3.93. The van der Waals surface area contributed by atoms with Crippen molar-refractivity contribution in [3.63, 3.8) is 0 Å². The summed E-state index contributed by atoms with van der Waals surface area (Å²) in [5, 5.41) is 3.67. The van der Waals surface area contributed by atoms with Crippen LogP contribution in [0.25, 0.3) is 5.82 Å². The first-order chi connectivity index (χ1) is 9.60. The molecule has 2 amide bonds. The number of carbonyl (C=O) groups excluding carboxylic acids is 1. The molecule has 0 unspecified atom stereocenters. The molecule has 0 spiro atoms. The molecule has 0 aliphatic carbocycles. The van der Waals surface area contributed by atoms with Crippen LogP contribution in [0.1, 0.15) is 17.4 Å². The monoisotopic (exact) mass is 292 g/mol. The summed E-state index contributed by atoms with van der Waals surface area (Å²) >= 11 is 1.00. The van der Waals surface area contributed by atoms with Crippen LogP contribution >= 0.6 is 11.3 Å². The number of thiazole rings is 1. The largest absolute Gasteiger partial charge is 0.390 e. The van der Waals surface area contributed by atoms with E-state index in [0.717, 1.165) is 23.3 Å². The van der Waals surface area contributed by atoms with Crippen molar-refractivity contribution in [2.75, 3.05) is 0 Å². The van der Waals surface area contributed by atoms with Crippen LogP contribution in [-0.2, 0) is 6.42 Å². The summed E-state index contributed by atoms with van der Waals surface area (Å²) in [7, 11) is 0. The van der Waals surface area contributed by atoms with Gasteiger partial charge in [0.05, 0.1) is 18.6 Å². The van der Waals surface area contributed by atoms with E-state index in [1.807, 2.05) is 29.1 Å². The van der Waals surface area contributed by atoms with Gasteiger partial charge in [0.2, 0.25) is 0 Å². The summed E-state index contributed by atoms with van der Waals surface area (Å²) in [6.45, 7) is 2.05. The van der Waals surface area contributed by atoms with Crippen LogP contribution in [0.2, 0.25) is 0 Å². The van der Waals surface area contributed by atoms with Crippen molar-refractivity contribution in [3.05, 3.63) is 44.6 Å². The van der Waals surface area contributed by atoms with E-state index >= 15 is 0 Å². The molecule has 0 aliphatic heterocycles. The minimum atomic E-state index is -0.758. The van der Waals surface area contributed by atoms with Gasteiger partial charge in [-0.2, -0.15) is 10.1 Å². The lowest BCUT2D eigenvalue weighted by molar-refractivity contribution is -0.599. The molecule has 104 valence electrons. The van der Waals surface area contributed by atoms with Gasteiger partial charge in [-0.1, -0.05) is 13.0 Å². The molecule has 0 radical (unpaired) electrons. The number of primary amides is 1. The van der Waals surface area contributed by atoms with E-state index in [4.69, 9.17) is 5.73 Å². The fraction of sp³-hybridized carbons (Fsp3) is 0.167. The van der Waals surface area contributed by atoms with Crippen molar-refractivity contribution in [2.45, 2.75) is 13.3 Å². The van der Waals surface area contributed by atoms with Crippen LogP contribution in [0.4, 0.5) is 4.79 Å². The highest BCUT2D eigenvalue weighted by Gasteiger charge is 2.16. The SMILES string of the molecule is CCc1ccc[n+](-c2[nH]c(=O)sc2/C=N/NC(N)=O)c1. The highest BCUT2D eigenvalue weighted by Crippen LogP contribution is 2.07. The first-order valence-corrected chi connectivity index (χ1v) is 6.74. The Morgan fingerprint density at radius 2 is 2.45 bits per heavy atom. The summed E-state index contributed by atoms with van der Waals surface area (Å²) in [6.07, 6.45) is 6.03. The molecular formula is C12H14N5O2S+. The number of nitrogens with one attached hydrogen (secondary N) is 2. The molecule has 0 saturated carbocycles. The smallest absolute Gasteiger partial charge is 0.350 e. The van der Waals surface area contributed by atoms with Gasteiger partial charge in [-0.15, -0.1) is 0 Å². The Bertz CT molecular complexity index is 704. The lowest BCUT2D eigenvalue weighted by Crippen LogP contribution is -2.32. The number of urea groups is 1. The molecule has 0 bridgehead atoms. The van der Waals surface area contributed by atoms with E-state index in [9.17, 15) is 9.59 Å². The Morgan fingerprint density at radius 1 is 1.65 bits per heavy atom. The van der Waals surface area contributed by atoms with E-state index < -0.39 is 6.03 Å². The summed E-state index contributed by atoms with van der Waals surface area (Å²) in [6, 6.07) is 3.15. The van der Waals surface area contributed by atoms with Crippen molar-refractivity contribution in [1.29, 1.82) is 0 Å². The molecule has 7 nitrogen and oxygen atoms in total. The predicted molar refractivity (Wildman–Crippen MR) is 76.2 cm³/mol. The average Bonchev–Trinajstić information content (AvgIpc) is 2.79. The van der Waals surface area contributed by atoms with E-state index in [1.165, 1.54) is 6.21 Å². The van der Waals surface area contributed by atoms with Crippen molar-refractivity contribution in [3.8, 4) is 5.82 Å². The fourth-order valence-corrected chi connectivity index (χ4v) is 2.34. The number of aryl methyl sites for hydroxylation is 1. The zero-order valence-corrected chi connectivity index (χ0v) is 11.6. The van der Waals surface area contributed by atoms with E-state index in [0.29, 0.717) is 10.7 Å². The van der Waals surface area contributed by atoms with Crippen LogP contribution in [0.5, 0.6) is 0 Å². The van der Waals surface area contributed by atoms with Gasteiger partial charge in [0.1, 0.15) is 4.88 Å². The highest BCUT2D eigenvalue weighted by atomic mass is 32.1. The number of rotatable bonds is 4. The lowest BCUT2D eigenvalue weighted by atomic mass is 10.2. The highest BCUT2D eigenvalue weighted by molar-refractivity contribution is 7.11. The summed E-state index contributed by atoms with van der Waals surface area (Å²) < 4.78 is 1.81. The minimum Gasteiger partial charge on any atom is -0.350 e. The van der Waals surface area contributed by atoms with Gasteiger partial charge < -0.3 is 5.73 Å². The Kier molecular flexibility index (Phi) is 4.26. The second kappa shape index (κ2) is 6.11. The molecule has 2 heterocycles. The maximum Gasteiger partial charge on any atom is 0.390 e. The number of aromatic amines is 1. The lowest BCUT2D eigenvalue weighted by Gasteiger charge is -1.99. The number of hydrogen-bond donors (Lipinski definition) is 3. The van der Waals surface area contributed by atoms with Crippen LogP contribution in [-0.4, -0.2) is 17.2 Å². The van der Waals surface area contributed by atoms with E-state index in [-0.39, 0.29) is 4.87 Å². The quantitative estimate of drug-likeness (QED) is 0.428. The Balaban J connectivity index is 2.38. The average molecular weight is 292 g/mol. The molecular weight excluding hydrogens is 278 g/mol. The minimum absolute atomic E-state index is 0.199. The topological polar surface area (TPSA) is 104 Å². The normalized spacial score (nSPS) is 10.8. The molecule has 0 aromatic carbocycles. The number of nitrogens with zero attached hydrogens (tertiary/aromatic N) is 2. The summed E-state index contributed by atoms with van der Waals surface area (Å²) in [5.41, 5.74) is 8.14. The third kappa shape index (κ3) is 3.29. The van der Waals surface area contributed by atoms with Gasteiger partial charge in [0.15, 0.2) is 0 Å². The second-order valence-corrected chi connectivity index (χ2v) is 4.95. The number of aromatic nitrogens is 2. The molecule has 8 heteroatoms. The predicted octanol–water partition coefficient (Wildman–Crippen LogP) is 0.278. The van der Waals surface area contributed by atoms with Crippen LogP contribution < -0.4 is 20.6 Å². The van der Waals surface area contributed by atoms with Gasteiger partial charge in [-0.05, 0) is 29.4 Å². The molecule has 2 aromatic rings. The molecule has 0 aliphatic rings. The van der Waals surface area contributed by atoms with Gasteiger partial charge >= 0.3 is 16.7 Å². The van der Waals surface area contributed by atoms with E-state index in [2.05, 4.69) is 22.4 Å². The summed E-state index contributed by atoms with van der Waals surface area (Å²) in [5.74, 6) is 0.602. The molecule has 2 aromatic heterocycles. The Hall–Kier alpha value is -2.48. The molecule has 4 N–H and O–H groups in total. The van der Waals surface area contributed by atoms with Crippen LogP contribution in [0.3, 0.4) is 0 Å². The number of carbonyl (C=O) groups is 1. The van der Waals surface area contributed by atoms with Gasteiger partial charge in [0, 0.05) is 0 Å². The third-order valence-corrected chi connectivity index (χ3v) is 3.35. The fourth-order valence-electron chi connectivity index (χ4n) is 1.64. The van der Waals surface area contributed by atoms with Crippen molar-refractivity contribution >= 4 is 23.6 Å². The molecule has 0 saturated heterocycles. The van der Waals surface area contributed by atoms with Gasteiger partial charge in [0.25, 0.3) is 0 Å². The molecule has 0 fully saturated rings. The molecule has 0 atom stereocenters. The van der Waals surface area contributed by atoms with Gasteiger partial charge in [-0.25, -0.2) is 19.6 Å². The van der Waals surface area contributed by atoms with Crippen LogP contribution in [0, 0.1) is 0 Å². The maximum absolute atomic E-state index is 11.5. The summed E-state index contributed by atoms with van der Waals surface area (Å²) in [4.78, 5) is 25.2. The van der Waals surface area contributed by atoms with Crippen molar-refractivity contribution in [2.24, 2.45) is 10.8 Å². The molecule has 2 rings (SSSR count). The standard InChI is InChI=1S/C12H13N5O2S/c1-2-8-4-3-5-17(7-8)10-9(20-12(19)15-10)6-14-16-11(13)18/h3-7H,2H2,1H3,(H3-,13,14,15,16,18,19)/p+1.